The zero-order valence-electron chi connectivity index (χ0n) is 13.9. The van der Waals surface area contributed by atoms with Gasteiger partial charge in [-0.3, -0.25) is 4.79 Å². The fourth-order valence-electron chi connectivity index (χ4n) is 4.23. The lowest BCUT2D eigenvalue weighted by molar-refractivity contribution is -0.121. The van der Waals surface area contributed by atoms with E-state index in [0.29, 0.717) is 0 Å². The molecule has 1 heterocycles. The summed E-state index contributed by atoms with van der Waals surface area (Å²) in [4.78, 5) is 12.7. The molecule has 2 aliphatic rings. The van der Waals surface area contributed by atoms with E-state index in [1.807, 2.05) is 26.0 Å². The van der Waals surface area contributed by atoms with Gasteiger partial charge < -0.3 is 15.2 Å². The summed E-state index contributed by atoms with van der Waals surface area (Å²) in [6.45, 7) is 4.00. The second-order valence-corrected chi connectivity index (χ2v) is 7.76. The molecule has 0 radical (unpaired) electrons. The van der Waals surface area contributed by atoms with Gasteiger partial charge in [-0.15, -0.1) is 0 Å². The van der Waals surface area contributed by atoms with Crippen LogP contribution in [0.4, 0.5) is 0 Å². The first-order valence-electron chi connectivity index (χ1n) is 8.18. The van der Waals surface area contributed by atoms with Gasteiger partial charge in [0.2, 0.25) is 5.91 Å². The standard InChI is InChI=1S/C18H24BrNO3/c1-10-4-5-13(19)11(2)14(10)15-16(21)18(20-17(15)22)8-6-12(23-3)7-9-18/h4-5,12,15-16,21H,6-9H2,1-3H3,(H,20,22). The monoisotopic (exact) mass is 381 g/mol. The number of ether oxygens (including phenoxy) is 1. The van der Waals surface area contributed by atoms with Crippen molar-refractivity contribution in [3.63, 3.8) is 0 Å². The van der Waals surface area contributed by atoms with Crippen molar-refractivity contribution in [1.29, 1.82) is 0 Å². The highest BCUT2D eigenvalue weighted by Gasteiger charge is 2.54. The van der Waals surface area contributed by atoms with Crippen LogP contribution in [0.25, 0.3) is 0 Å². The third kappa shape index (κ3) is 2.73. The van der Waals surface area contributed by atoms with Crippen molar-refractivity contribution in [2.24, 2.45) is 0 Å². The molecule has 1 saturated heterocycles. The van der Waals surface area contributed by atoms with Crippen molar-refractivity contribution in [3.8, 4) is 0 Å². The Morgan fingerprint density at radius 3 is 2.57 bits per heavy atom. The third-order valence-corrected chi connectivity index (χ3v) is 6.53. The number of carbonyl (C=O) groups is 1. The number of aliphatic hydroxyl groups is 1. The van der Waals surface area contributed by atoms with Crippen LogP contribution in [0.1, 0.15) is 48.3 Å². The second-order valence-electron chi connectivity index (χ2n) is 6.91. The normalized spacial score (nSPS) is 34.0. The van der Waals surface area contributed by atoms with E-state index in [2.05, 4.69) is 21.2 Å². The summed E-state index contributed by atoms with van der Waals surface area (Å²) in [6.07, 6.45) is 2.81. The number of hydrogen-bond acceptors (Lipinski definition) is 3. The molecule has 5 heteroatoms. The number of amides is 1. The van der Waals surface area contributed by atoms with Gasteiger partial charge in [0.1, 0.15) is 0 Å². The number of hydrogen-bond donors (Lipinski definition) is 2. The Balaban J connectivity index is 1.94. The number of nitrogens with one attached hydrogen (secondary N) is 1. The average Bonchev–Trinajstić information content (AvgIpc) is 2.77. The maximum Gasteiger partial charge on any atom is 0.230 e. The highest BCUT2D eigenvalue weighted by Crippen LogP contribution is 2.44. The van der Waals surface area contributed by atoms with E-state index >= 15 is 0 Å². The van der Waals surface area contributed by atoms with E-state index in [4.69, 9.17) is 4.74 Å². The molecule has 4 nitrogen and oxygen atoms in total. The predicted octanol–water partition coefficient (Wildman–Crippen LogP) is 2.97. The lowest BCUT2D eigenvalue weighted by atomic mass is 9.74. The maximum atomic E-state index is 12.7. The molecule has 23 heavy (non-hydrogen) atoms. The Bertz CT molecular complexity index is 623. The van der Waals surface area contributed by atoms with Crippen molar-refractivity contribution in [1.82, 2.24) is 5.32 Å². The predicted molar refractivity (Wildman–Crippen MR) is 92.5 cm³/mol. The molecule has 2 atom stereocenters. The largest absolute Gasteiger partial charge is 0.389 e. The minimum Gasteiger partial charge on any atom is -0.389 e. The molecule has 1 aliphatic heterocycles. The van der Waals surface area contributed by atoms with Gasteiger partial charge in [0.05, 0.1) is 23.7 Å². The molecule has 126 valence electrons. The summed E-state index contributed by atoms with van der Waals surface area (Å²) in [5.41, 5.74) is 2.53. The Kier molecular flexibility index (Phi) is 4.55. The van der Waals surface area contributed by atoms with Gasteiger partial charge in [-0.25, -0.2) is 0 Å². The number of halogens is 1. The van der Waals surface area contributed by atoms with E-state index in [1.54, 1.807) is 7.11 Å². The van der Waals surface area contributed by atoms with Crippen LogP contribution >= 0.6 is 15.9 Å². The molecule has 2 unspecified atom stereocenters. The van der Waals surface area contributed by atoms with Gasteiger partial charge in [-0.1, -0.05) is 22.0 Å². The van der Waals surface area contributed by atoms with Crippen molar-refractivity contribution >= 4 is 21.8 Å². The van der Waals surface area contributed by atoms with Gasteiger partial charge in [0.25, 0.3) is 0 Å². The summed E-state index contributed by atoms with van der Waals surface area (Å²) in [7, 11) is 1.73. The fraction of sp³-hybridized carbons (Fsp3) is 0.611. The first-order chi connectivity index (χ1) is 10.9. The van der Waals surface area contributed by atoms with Crippen LogP contribution in [0, 0.1) is 13.8 Å². The van der Waals surface area contributed by atoms with Crippen molar-refractivity contribution in [2.45, 2.75) is 63.2 Å². The van der Waals surface area contributed by atoms with Crippen molar-refractivity contribution in [3.05, 3.63) is 33.3 Å². The summed E-state index contributed by atoms with van der Waals surface area (Å²) >= 11 is 3.54. The molecule has 3 rings (SSSR count). The topological polar surface area (TPSA) is 58.6 Å². The third-order valence-electron chi connectivity index (χ3n) is 5.67. The maximum absolute atomic E-state index is 12.7. The van der Waals surface area contributed by atoms with Crippen LogP contribution in [0.2, 0.25) is 0 Å². The van der Waals surface area contributed by atoms with Crippen LogP contribution in [0.3, 0.4) is 0 Å². The zero-order valence-corrected chi connectivity index (χ0v) is 15.4. The van der Waals surface area contributed by atoms with Crippen LogP contribution < -0.4 is 5.32 Å². The Morgan fingerprint density at radius 1 is 1.30 bits per heavy atom. The van der Waals surface area contributed by atoms with Crippen LogP contribution in [0.15, 0.2) is 16.6 Å². The molecule has 0 aromatic heterocycles. The summed E-state index contributed by atoms with van der Waals surface area (Å²) < 4.78 is 6.40. The molecule has 1 spiro atoms. The first-order valence-corrected chi connectivity index (χ1v) is 8.97. The highest BCUT2D eigenvalue weighted by atomic mass is 79.9. The molecule has 1 saturated carbocycles. The summed E-state index contributed by atoms with van der Waals surface area (Å²) in [5, 5.41) is 14.2. The molecule has 1 aliphatic carbocycles. The van der Waals surface area contributed by atoms with Gasteiger partial charge in [0.15, 0.2) is 0 Å². The number of carbonyl (C=O) groups excluding carboxylic acids is 1. The molecule has 1 aromatic carbocycles. The van der Waals surface area contributed by atoms with E-state index < -0.39 is 17.6 Å². The summed E-state index contributed by atoms with van der Waals surface area (Å²) in [5.74, 6) is -0.552. The molecular weight excluding hydrogens is 358 g/mol. The van der Waals surface area contributed by atoms with Crippen LogP contribution in [-0.4, -0.2) is 35.9 Å². The van der Waals surface area contributed by atoms with E-state index in [-0.39, 0.29) is 12.0 Å². The molecular formula is C18H24BrNO3. The SMILES string of the molecule is COC1CCC2(CC1)NC(=O)C(c1c(C)ccc(Br)c1C)C2O. The smallest absolute Gasteiger partial charge is 0.230 e. The van der Waals surface area contributed by atoms with Gasteiger partial charge in [0, 0.05) is 11.6 Å². The van der Waals surface area contributed by atoms with Crippen molar-refractivity contribution < 1.29 is 14.6 Å². The summed E-state index contributed by atoms with van der Waals surface area (Å²) in [6, 6.07) is 3.99. The lowest BCUT2D eigenvalue weighted by Gasteiger charge is -2.39. The first kappa shape index (κ1) is 16.9. The quantitative estimate of drug-likeness (QED) is 0.827. The van der Waals surface area contributed by atoms with E-state index in [0.717, 1.165) is 46.8 Å². The minimum atomic E-state index is -0.695. The highest BCUT2D eigenvalue weighted by molar-refractivity contribution is 9.10. The van der Waals surface area contributed by atoms with Crippen LogP contribution in [-0.2, 0) is 9.53 Å². The fourth-order valence-corrected chi connectivity index (χ4v) is 4.57. The number of aliphatic hydroxyl groups excluding tert-OH is 1. The molecule has 2 N–H and O–H groups in total. The van der Waals surface area contributed by atoms with Gasteiger partial charge in [-0.2, -0.15) is 0 Å². The van der Waals surface area contributed by atoms with Crippen LogP contribution in [0.5, 0.6) is 0 Å². The molecule has 1 amide bonds. The van der Waals surface area contributed by atoms with Gasteiger partial charge in [-0.05, 0) is 62.3 Å². The van der Waals surface area contributed by atoms with Gasteiger partial charge >= 0.3 is 0 Å². The molecule has 2 fully saturated rings. The Labute approximate surface area is 145 Å². The number of aryl methyl sites for hydroxylation is 1. The Hall–Kier alpha value is -0.910. The average molecular weight is 382 g/mol. The molecule has 1 aromatic rings. The number of rotatable bonds is 2. The Morgan fingerprint density at radius 2 is 1.96 bits per heavy atom. The van der Waals surface area contributed by atoms with E-state index in [1.165, 1.54) is 0 Å². The second kappa shape index (κ2) is 6.19. The lowest BCUT2D eigenvalue weighted by Crippen LogP contribution is -2.52. The molecule has 0 bridgehead atoms. The number of methoxy groups -OCH3 is 1. The zero-order chi connectivity index (χ0) is 16.8. The minimum absolute atomic E-state index is 0.0577. The number of benzene rings is 1. The van der Waals surface area contributed by atoms with Crippen molar-refractivity contribution in [2.75, 3.05) is 7.11 Å². The van der Waals surface area contributed by atoms with E-state index in [9.17, 15) is 9.90 Å².